The fourth-order valence-corrected chi connectivity index (χ4v) is 2.39. The second-order valence-corrected chi connectivity index (χ2v) is 5.85. The summed E-state index contributed by atoms with van der Waals surface area (Å²) in [4.78, 5) is 32.2. The molecule has 0 aliphatic heterocycles. The van der Waals surface area contributed by atoms with Crippen LogP contribution in [-0.4, -0.2) is 30.2 Å². The molecule has 0 fully saturated rings. The third kappa shape index (κ3) is 4.47. The van der Waals surface area contributed by atoms with Crippen molar-refractivity contribution >= 4 is 18.1 Å². The number of rotatable bonds is 6. The lowest BCUT2D eigenvalue weighted by Crippen LogP contribution is -2.23. The number of aromatic nitrogens is 2. The molecule has 136 valence electrons. The highest BCUT2D eigenvalue weighted by atomic mass is 16.5. The molecule has 0 amide bonds. The Hall–Kier alpha value is -3.15. The van der Waals surface area contributed by atoms with Crippen molar-refractivity contribution in [2.75, 3.05) is 14.2 Å². The molecule has 6 nitrogen and oxygen atoms in total. The SMILES string of the molecule is COC(=O)c1c(/C=C/c2cccnc2)[nH]c(OC)c(CC=C(C)C)c1=O. The van der Waals surface area contributed by atoms with E-state index in [0.29, 0.717) is 23.6 Å². The number of ether oxygens (including phenoxy) is 2. The van der Waals surface area contributed by atoms with Gasteiger partial charge in [-0.25, -0.2) is 4.79 Å². The van der Waals surface area contributed by atoms with Crippen molar-refractivity contribution in [3.63, 3.8) is 0 Å². The zero-order valence-corrected chi connectivity index (χ0v) is 15.3. The van der Waals surface area contributed by atoms with Gasteiger partial charge < -0.3 is 14.5 Å². The van der Waals surface area contributed by atoms with Gasteiger partial charge in [0.2, 0.25) is 5.43 Å². The summed E-state index contributed by atoms with van der Waals surface area (Å²) in [5.41, 5.74) is 2.14. The van der Waals surface area contributed by atoms with Crippen molar-refractivity contribution in [1.29, 1.82) is 0 Å². The molecule has 0 aliphatic carbocycles. The number of methoxy groups -OCH3 is 2. The van der Waals surface area contributed by atoms with Gasteiger partial charge in [0.05, 0.1) is 25.5 Å². The molecule has 0 radical (unpaired) electrons. The van der Waals surface area contributed by atoms with E-state index >= 15 is 0 Å². The van der Waals surface area contributed by atoms with Crippen molar-refractivity contribution in [2.24, 2.45) is 0 Å². The van der Waals surface area contributed by atoms with E-state index in [1.165, 1.54) is 14.2 Å². The smallest absolute Gasteiger partial charge is 0.344 e. The molecule has 0 aromatic carbocycles. The molecule has 26 heavy (non-hydrogen) atoms. The Balaban J connectivity index is 2.61. The van der Waals surface area contributed by atoms with E-state index in [4.69, 9.17) is 9.47 Å². The van der Waals surface area contributed by atoms with Crippen LogP contribution in [0.3, 0.4) is 0 Å². The molecule has 6 heteroatoms. The normalized spacial score (nSPS) is 10.6. The Labute approximate surface area is 152 Å². The molecule has 0 saturated carbocycles. The standard InChI is InChI=1S/C20H22N2O4/c1-13(2)7-9-15-18(23)17(20(24)26-4)16(22-19(15)25-3)10-8-14-6-5-11-21-12-14/h5-8,10-12H,9H2,1-4H3,(H,22,23)/b10-8+. The highest BCUT2D eigenvalue weighted by molar-refractivity contribution is 5.94. The minimum atomic E-state index is -0.696. The van der Waals surface area contributed by atoms with Gasteiger partial charge in [0, 0.05) is 12.4 Å². The van der Waals surface area contributed by atoms with Gasteiger partial charge in [-0.15, -0.1) is 0 Å². The van der Waals surface area contributed by atoms with E-state index < -0.39 is 11.4 Å². The van der Waals surface area contributed by atoms with E-state index in [1.54, 1.807) is 30.6 Å². The number of carbonyl (C=O) groups is 1. The van der Waals surface area contributed by atoms with Crippen LogP contribution in [0.5, 0.6) is 5.88 Å². The fraction of sp³-hybridized carbons (Fsp3) is 0.250. The lowest BCUT2D eigenvalue weighted by Gasteiger charge is -2.12. The minimum Gasteiger partial charge on any atom is -0.482 e. The lowest BCUT2D eigenvalue weighted by atomic mass is 10.0. The molecule has 2 aromatic heterocycles. The van der Waals surface area contributed by atoms with Crippen molar-refractivity contribution in [1.82, 2.24) is 9.97 Å². The number of nitrogens with one attached hydrogen (secondary N) is 1. The number of hydrogen-bond donors (Lipinski definition) is 1. The zero-order valence-electron chi connectivity index (χ0n) is 15.3. The molecule has 0 aliphatic rings. The van der Waals surface area contributed by atoms with Crippen molar-refractivity contribution < 1.29 is 14.3 Å². The first-order chi connectivity index (χ1) is 12.5. The largest absolute Gasteiger partial charge is 0.482 e. The Bertz CT molecular complexity index is 892. The third-order valence-electron chi connectivity index (χ3n) is 3.73. The van der Waals surface area contributed by atoms with Gasteiger partial charge in [-0.1, -0.05) is 23.8 Å². The molecule has 1 N–H and O–H groups in total. The predicted octanol–water partition coefficient (Wildman–Crippen LogP) is 3.24. The number of aromatic amines is 1. The summed E-state index contributed by atoms with van der Waals surface area (Å²) in [7, 11) is 2.72. The summed E-state index contributed by atoms with van der Waals surface area (Å²) in [6.07, 6.45) is 8.99. The van der Waals surface area contributed by atoms with Gasteiger partial charge >= 0.3 is 5.97 Å². The molecule has 0 unspecified atom stereocenters. The predicted molar refractivity (Wildman–Crippen MR) is 101 cm³/mol. The summed E-state index contributed by atoms with van der Waals surface area (Å²) in [6, 6.07) is 3.66. The molecule has 2 aromatic rings. The number of H-pyrrole nitrogens is 1. The third-order valence-corrected chi connectivity index (χ3v) is 3.73. The lowest BCUT2D eigenvalue weighted by molar-refractivity contribution is 0.0598. The maximum Gasteiger partial charge on any atom is 0.344 e. The fourth-order valence-electron chi connectivity index (χ4n) is 2.39. The van der Waals surface area contributed by atoms with Gasteiger partial charge in [0.25, 0.3) is 0 Å². The molecule has 0 bridgehead atoms. The van der Waals surface area contributed by atoms with E-state index in [-0.39, 0.29) is 5.56 Å². The van der Waals surface area contributed by atoms with Gasteiger partial charge in [0.15, 0.2) is 5.88 Å². The molecule has 0 saturated heterocycles. The van der Waals surface area contributed by atoms with Crippen LogP contribution in [0.4, 0.5) is 0 Å². The van der Waals surface area contributed by atoms with Crippen LogP contribution in [0, 0.1) is 0 Å². The van der Waals surface area contributed by atoms with Crippen LogP contribution >= 0.6 is 0 Å². The number of pyridine rings is 2. The average molecular weight is 354 g/mol. The number of nitrogens with zero attached hydrogens (tertiary/aromatic N) is 1. The maximum atomic E-state index is 12.9. The van der Waals surface area contributed by atoms with Crippen LogP contribution in [0.15, 0.2) is 41.0 Å². The highest BCUT2D eigenvalue weighted by Crippen LogP contribution is 2.19. The molecule has 0 atom stereocenters. The first-order valence-electron chi connectivity index (χ1n) is 8.10. The molecule has 2 heterocycles. The molecular formula is C20H22N2O4. The first-order valence-corrected chi connectivity index (χ1v) is 8.10. The number of carbonyl (C=O) groups excluding carboxylic acids is 1. The molecule has 2 rings (SSSR count). The summed E-state index contributed by atoms with van der Waals surface area (Å²) in [5, 5.41) is 0. The van der Waals surface area contributed by atoms with Gasteiger partial charge in [-0.05, 0) is 38.0 Å². The second kappa shape index (κ2) is 8.80. The summed E-state index contributed by atoms with van der Waals surface area (Å²) >= 11 is 0. The number of esters is 1. The number of allylic oxidation sites excluding steroid dienone is 2. The summed E-state index contributed by atoms with van der Waals surface area (Å²) in [5.74, 6) is -0.371. The average Bonchev–Trinajstić information content (AvgIpc) is 2.65. The van der Waals surface area contributed by atoms with E-state index in [9.17, 15) is 9.59 Å². The molecule has 0 spiro atoms. The van der Waals surface area contributed by atoms with Crippen LogP contribution in [0.1, 0.15) is 41.0 Å². The Morgan fingerprint density at radius 3 is 2.62 bits per heavy atom. The maximum absolute atomic E-state index is 12.9. The van der Waals surface area contributed by atoms with Gasteiger partial charge in [0.1, 0.15) is 5.56 Å². The Morgan fingerprint density at radius 1 is 1.27 bits per heavy atom. The summed E-state index contributed by atoms with van der Waals surface area (Å²) in [6.45, 7) is 3.87. The summed E-state index contributed by atoms with van der Waals surface area (Å²) < 4.78 is 10.1. The Morgan fingerprint density at radius 2 is 2.04 bits per heavy atom. The van der Waals surface area contributed by atoms with E-state index in [0.717, 1.165) is 11.1 Å². The first kappa shape index (κ1) is 19.2. The minimum absolute atomic E-state index is 0.0504. The van der Waals surface area contributed by atoms with Gasteiger partial charge in [-0.3, -0.25) is 9.78 Å². The van der Waals surface area contributed by atoms with Crippen LogP contribution in [0.25, 0.3) is 12.2 Å². The quantitative estimate of drug-likeness (QED) is 0.636. The van der Waals surface area contributed by atoms with Crippen molar-refractivity contribution in [2.45, 2.75) is 20.3 Å². The molecular weight excluding hydrogens is 332 g/mol. The van der Waals surface area contributed by atoms with Crippen molar-refractivity contribution in [3.8, 4) is 5.88 Å². The monoisotopic (exact) mass is 354 g/mol. The number of hydrogen-bond acceptors (Lipinski definition) is 5. The van der Waals surface area contributed by atoms with E-state index in [2.05, 4.69) is 9.97 Å². The van der Waals surface area contributed by atoms with Crippen LogP contribution in [0.2, 0.25) is 0 Å². The van der Waals surface area contributed by atoms with Gasteiger partial charge in [-0.2, -0.15) is 0 Å². The van der Waals surface area contributed by atoms with Crippen molar-refractivity contribution in [3.05, 3.63) is 68.8 Å². The Kier molecular flexibility index (Phi) is 6.49. The van der Waals surface area contributed by atoms with Crippen LogP contribution in [-0.2, 0) is 11.2 Å². The van der Waals surface area contributed by atoms with E-state index in [1.807, 2.05) is 26.0 Å². The van der Waals surface area contributed by atoms with Crippen LogP contribution < -0.4 is 10.2 Å². The highest BCUT2D eigenvalue weighted by Gasteiger charge is 2.21. The zero-order chi connectivity index (χ0) is 19.1. The topological polar surface area (TPSA) is 81.3 Å². The second-order valence-electron chi connectivity index (χ2n) is 5.85.